The van der Waals surface area contributed by atoms with Crippen molar-refractivity contribution in [3.8, 4) is 0 Å². The van der Waals surface area contributed by atoms with Crippen molar-refractivity contribution in [3.63, 3.8) is 0 Å². The molecule has 0 spiro atoms. The van der Waals surface area contributed by atoms with Crippen molar-refractivity contribution in [1.29, 1.82) is 0 Å². The lowest BCUT2D eigenvalue weighted by Gasteiger charge is -2.32. The van der Waals surface area contributed by atoms with Gasteiger partial charge in [0.2, 0.25) is 11.6 Å². The summed E-state index contributed by atoms with van der Waals surface area (Å²) in [6.45, 7) is 3.95. The summed E-state index contributed by atoms with van der Waals surface area (Å²) in [6.07, 6.45) is 0.911. The maximum Gasteiger partial charge on any atom is 0.300 e. The number of aliphatic hydroxyl groups is 1. The van der Waals surface area contributed by atoms with Crippen molar-refractivity contribution in [3.05, 3.63) is 96.1 Å². The van der Waals surface area contributed by atoms with Crippen LogP contribution in [0.5, 0.6) is 0 Å². The van der Waals surface area contributed by atoms with Crippen LogP contribution < -0.4 is 21.4 Å². The van der Waals surface area contributed by atoms with Crippen LogP contribution in [-0.4, -0.2) is 41.4 Å². The molecular formula is C27H31N5O3. The fourth-order valence-electron chi connectivity index (χ4n) is 3.66. The first kappa shape index (κ1) is 25.6. The molecular weight excluding hydrogens is 442 g/mol. The molecule has 5 N–H and O–H groups in total. The number of rotatable bonds is 7. The molecule has 0 saturated heterocycles. The molecule has 4 rings (SSSR count). The highest BCUT2D eigenvalue weighted by Gasteiger charge is 2.53. The molecule has 35 heavy (non-hydrogen) atoms. The summed E-state index contributed by atoms with van der Waals surface area (Å²) in [7, 11) is 0. The number of benzene rings is 3. The van der Waals surface area contributed by atoms with Gasteiger partial charge >= 0.3 is 5.91 Å². The second-order valence-electron chi connectivity index (χ2n) is 7.89. The molecule has 2 amide bonds. The van der Waals surface area contributed by atoms with E-state index in [-0.39, 0.29) is 18.4 Å². The summed E-state index contributed by atoms with van der Waals surface area (Å²) in [4.78, 5) is 26.1. The highest BCUT2D eigenvalue weighted by atomic mass is 16.3. The molecule has 1 heterocycles. The van der Waals surface area contributed by atoms with Crippen molar-refractivity contribution in [2.45, 2.75) is 25.9 Å². The van der Waals surface area contributed by atoms with E-state index in [9.17, 15) is 9.59 Å². The zero-order valence-electron chi connectivity index (χ0n) is 19.9. The van der Waals surface area contributed by atoms with Gasteiger partial charge in [0.25, 0.3) is 0 Å². The number of carbonyl (C=O) groups is 2. The molecule has 8 heteroatoms. The zero-order valence-corrected chi connectivity index (χ0v) is 19.9. The maximum absolute atomic E-state index is 13.8. The van der Waals surface area contributed by atoms with E-state index >= 15 is 0 Å². The number of aliphatic hydroxyl groups excluding tert-OH is 1. The molecule has 0 aromatic heterocycles. The third-order valence-corrected chi connectivity index (χ3v) is 5.30. The Kier molecular flexibility index (Phi) is 8.72. The molecule has 0 aliphatic carbocycles. The monoisotopic (exact) mass is 473 g/mol. The highest BCUT2D eigenvalue weighted by Crippen LogP contribution is 2.31. The van der Waals surface area contributed by atoms with Gasteiger partial charge in [-0.25, -0.2) is 0 Å². The largest absolute Gasteiger partial charge is 0.395 e. The Balaban J connectivity index is 0.000000795. The molecule has 1 unspecified atom stereocenters. The molecule has 1 aliphatic heterocycles. The van der Waals surface area contributed by atoms with Crippen LogP contribution in [0.2, 0.25) is 0 Å². The Morgan fingerprint density at radius 1 is 1.00 bits per heavy atom. The fraction of sp³-hybridized carbons (Fsp3) is 0.222. The van der Waals surface area contributed by atoms with Crippen molar-refractivity contribution < 1.29 is 14.7 Å². The summed E-state index contributed by atoms with van der Waals surface area (Å²) in [5.41, 5.74) is 6.91. The van der Waals surface area contributed by atoms with Gasteiger partial charge in [0, 0.05) is 24.7 Å². The average molecular weight is 474 g/mol. The zero-order chi connectivity index (χ0) is 25.3. The quantitative estimate of drug-likeness (QED) is 0.393. The van der Waals surface area contributed by atoms with Crippen LogP contribution in [0.3, 0.4) is 0 Å². The van der Waals surface area contributed by atoms with E-state index in [4.69, 9.17) is 10.8 Å². The van der Waals surface area contributed by atoms with E-state index in [1.165, 1.54) is 17.5 Å². The molecule has 0 bridgehead atoms. The summed E-state index contributed by atoms with van der Waals surface area (Å²) >= 11 is 0. The first-order valence-corrected chi connectivity index (χ1v) is 11.5. The van der Waals surface area contributed by atoms with Gasteiger partial charge in [-0.3, -0.25) is 9.59 Å². The van der Waals surface area contributed by atoms with Crippen LogP contribution in [0.15, 0.2) is 90.0 Å². The summed E-state index contributed by atoms with van der Waals surface area (Å²) in [5.74, 6) is -0.725. The molecule has 1 aliphatic rings. The third kappa shape index (κ3) is 5.92. The van der Waals surface area contributed by atoms with Crippen LogP contribution in [0.1, 0.15) is 25.0 Å². The minimum atomic E-state index is -1.54. The van der Waals surface area contributed by atoms with Crippen LogP contribution in [-0.2, 0) is 16.0 Å². The topological polar surface area (TPSA) is 120 Å². The standard InChI is InChI=1S/C25H24N4O2.C2H7NO/c1-3-19-14-16-21(17-15-19)27-25(26-18(2)30)23(20-10-6-4-7-11-20)28-29(24(25)31)22-12-8-5-9-13-22;3-1-2-4/h4-17,27H,3H2,1-2H3,(H,26,30);4H,1-3H2. The van der Waals surface area contributed by atoms with Crippen LogP contribution in [0.25, 0.3) is 0 Å². The van der Waals surface area contributed by atoms with Crippen LogP contribution in [0.4, 0.5) is 11.4 Å². The molecule has 182 valence electrons. The molecule has 0 radical (unpaired) electrons. The normalized spacial score (nSPS) is 16.7. The number of para-hydroxylation sites is 1. The number of anilines is 2. The van der Waals surface area contributed by atoms with Gasteiger partial charge < -0.3 is 21.5 Å². The van der Waals surface area contributed by atoms with Crippen LogP contribution >= 0.6 is 0 Å². The van der Waals surface area contributed by atoms with Crippen molar-refractivity contribution in [1.82, 2.24) is 5.32 Å². The number of amides is 2. The summed E-state index contributed by atoms with van der Waals surface area (Å²) in [6, 6.07) is 26.4. The number of nitrogens with zero attached hydrogens (tertiary/aromatic N) is 2. The Labute approximate surface area is 205 Å². The Morgan fingerprint density at radius 2 is 1.57 bits per heavy atom. The Bertz CT molecular complexity index is 1150. The Morgan fingerprint density at radius 3 is 2.09 bits per heavy atom. The Hall–Kier alpha value is -4.01. The minimum absolute atomic E-state index is 0.0972. The number of aryl methyl sites for hydroxylation is 1. The fourth-order valence-corrected chi connectivity index (χ4v) is 3.66. The number of hydrogen-bond acceptors (Lipinski definition) is 6. The van der Waals surface area contributed by atoms with E-state index in [0.29, 0.717) is 23.6 Å². The van der Waals surface area contributed by atoms with Gasteiger partial charge in [-0.2, -0.15) is 10.1 Å². The van der Waals surface area contributed by atoms with E-state index in [0.717, 1.165) is 12.0 Å². The maximum atomic E-state index is 13.8. The second-order valence-corrected chi connectivity index (χ2v) is 7.89. The number of nitrogens with two attached hydrogens (primary N) is 1. The van der Waals surface area contributed by atoms with E-state index in [1.54, 1.807) is 0 Å². The van der Waals surface area contributed by atoms with Gasteiger partial charge in [0.05, 0.1) is 12.3 Å². The average Bonchev–Trinajstić information content (AvgIpc) is 3.16. The van der Waals surface area contributed by atoms with Crippen LogP contribution in [0, 0.1) is 0 Å². The predicted octanol–water partition coefficient (Wildman–Crippen LogP) is 2.88. The van der Waals surface area contributed by atoms with E-state index in [1.807, 2.05) is 84.9 Å². The summed E-state index contributed by atoms with van der Waals surface area (Å²) in [5, 5.41) is 19.9. The van der Waals surface area contributed by atoms with E-state index in [2.05, 4.69) is 22.7 Å². The van der Waals surface area contributed by atoms with Gasteiger partial charge in [0.1, 0.15) is 5.71 Å². The molecule has 0 fully saturated rings. The number of nitrogens with one attached hydrogen (secondary N) is 2. The van der Waals surface area contributed by atoms with Gasteiger partial charge in [-0.05, 0) is 36.2 Å². The van der Waals surface area contributed by atoms with Crippen molar-refractivity contribution in [2.24, 2.45) is 10.8 Å². The lowest BCUT2D eigenvalue weighted by Crippen LogP contribution is -2.64. The van der Waals surface area contributed by atoms with E-state index < -0.39 is 5.66 Å². The molecule has 3 aromatic carbocycles. The van der Waals surface area contributed by atoms with Crippen molar-refractivity contribution >= 4 is 28.9 Å². The number of hydrogen-bond donors (Lipinski definition) is 4. The lowest BCUT2D eigenvalue weighted by atomic mass is 9.95. The SMILES string of the molecule is CCc1ccc(NC2(NC(C)=O)C(=O)N(c3ccccc3)N=C2c2ccccc2)cc1.NCCO. The predicted molar refractivity (Wildman–Crippen MR) is 139 cm³/mol. The highest BCUT2D eigenvalue weighted by molar-refractivity contribution is 6.30. The summed E-state index contributed by atoms with van der Waals surface area (Å²) < 4.78 is 0. The number of hydrazone groups is 1. The molecule has 8 nitrogen and oxygen atoms in total. The first-order chi connectivity index (χ1) is 16.9. The first-order valence-electron chi connectivity index (χ1n) is 11.5. The number of carbonyl (C=O) groups excluding carboxylic acids is 2. The van der Waals surface area contributed by atoms with Gasteiger partial charge in [0.15, 0.2) is 0 Å². The third-order valence-electron chi connectivity index (χ3n) is 5.30. The minimum Gasteiger partial charge on any atom is -0.395 e. The second kappa shape index (κ2) is 11.9. The molecule has 3 aromatic rings. The van der Waals surface area contributed by atoms with Gasteiger partial charge in [-0.1, -0.05) is 67.6 Å². The molecule has 0 saturated carbocycles. The van der Waals surface area contributed by atoms with Crippen molar-refractivity contribution in [2.75, 3.05) is 23.5 Å². The van der Waals surface area contributed by atoms with Gasteiger partial charge in [-0.15, -0.1) is 0 Å². The smallest absolute Gasteiger partial charge is 0.300 e. The lowest BCUT2D eigenvalue weighted by molar-refractivity contribution is -0.127. The molecule has 1 atom stereocenters.